The Bertz CT molecular complexity index is 999. The first kappa shape index (κ1) is 21.8. The lowest BCUT2D eigenvalue weighted by molar-refractivity contribution is -0.121. The zero-order chi connectivity index (χ0) is 21.3. The Balaban J connectivity index is 1.49. The lowest BCUT2D eigenvalue weighted by Gasteiger charge is -2.07. The topological polar surface area (TPSA) is 80.3 Å². The van der Waals surface area contributed by atoms with Crippen molar-refractivity contribution in [3.8, 4) is 5.75 Å². The fourth-order valence-electron chi connectivity index (χ4n) is 3.00. The Hall–Kier alpha value is -2.93. The van der Waals surface area contributed by atoms with Crippen LogP contribution in [0.5, 0.6) is 5.75 Å². The Labute approximate surface area is 180 Å². The molecule has 30 heavy (non-hydrogen) atoms. The van der Waals surface area contributed by atoms with Gasteiger partial charge < -0.3 is 15.4 Å². The first-order chi connectivity index (χ1) is 14.6. The van der Waals surface area contributed by atoms with Crippen molar-refractivity contribution in [2.75, 3.05) is 11.9 Å². The summed E-state index contributed by atoms with van der Waals surface area (Å²) in [6.07, 6.45) is 2.37. The number of anilines is 1. The summed E-state index contributed by atoms with van der Waals surface area (Å²) in [4.78, 5) is 28.4. The van der Waals surface area contributed by atoms with Gasteiger partial charge in [0.25, 0.3) is 0 Å². The highest BCUT2D eigenvalue weighted by Crippen LogP contribution is 2.27. The second-order valence-corrected chi connectivity index (χ2v) is 8.00. The summed E-state index contributed by atoms with van der Waals surface area (Å²) >= 11 is 1.46. The highest BCUT2D eigenvalue weighted by atomic mass is 32.1. The third kappa shape index (κ3) is 6.29. The van der Waals surface area contributed by atoms with Crippen LogP contribution < -0.4 is 15.4 Å². The van der Waals surface area contributed by atoms with Crippen LogP contribution >= 0.6 is 11.3 Å². The highest BCUT2D eigenvalue weighted by Gasteiger charge is 2.09. The van der Waals surface area contributed by atoms with Crippen LogP contribution in [0, 0.1) is 0 Å². The molecule has 0 radical (unpaired) electrons. The molecule has 6 nitrogen and oxygen atoms in total. The van der Waals surface area contributed by atoms with Crippen molar-refractivity contribution in [1.29, 1.82) is 0 Å². The van der Waals surface area contributed by atoms with Crippen molar-refractivity contribution < 1.29 is 14.3 Å². The summed E-state index contributed by atoms with van der Waals surface area (Å²) in [7, 11) is 0. The average molecular weight is 426 g/mol. The molecule has 1 aromatic heterocycles. The van der Waals surface area contributed by atoms with Crippen LogP contribution in [0.25, 0.3) is 10.2 Å². The summed E-state index contributed by atoms with van der Waals surface area (Å²) in [6.45, 7) is 5.06. The van der Waals surface area contributed by atoms with Crippen molar-refractivity contribution >= 4 is 38.5 Å². The van der Waals surface area contributed by atoms with E-state index in [1.807, 2.05) is 56.3 Å². The number of nitrogens with one attached hydrogen (secondary N) is 2. The fraction of sp³-hybridized carbons (Fsp3) is 0.348. The third-order valence-corrected chi connectivity index (χ3v) is 5.47. The molecule has 1 heterocycles. The van der Waals surface area contributed by atoms with Crippen LogP contribution in [0.2, 0.25) is 0 Å². The molecule has 0 fully saturated rings. The van der Waals surface area contributed by atoms with E-state index >= 15 is 0 Å². The normalized spacial score (nSPS) is 10.7. The van der Waals surface area contributed by atoms with Crippen LogP contribution in [-0.4, -0.2) is 23.4 Å². The standard InChI is InChI=1S/C23H27N3O3S/c1-3-5-22(28)26-23-25-19-12-8-16(14-20(19)30-23)9-13-21(27)24-15-17-6-10-18(11-7-17)29-4-2/h6-8,10-12,14H,3-5,9,13,15H2,1-2H3,(H,24,27)(H,25,26,28). The molecular formula is C23H27N3O3S. The lowest BCUT2D eigenvalue weighted by atomic mass is 10.1. The molecule has 0 aliphatic rings. The number of thiazole rings is 1. The number of hydrogen-bond acceptors (Lipinski definition) is 5. The van der Waals surface area contributed by atoms with E-state index in [4.69, 9.17) is 4.74 Å². The number of carbonyl (C=O) groups excluding carboxylic acids is 2. The molecule has 0 aliphatic heterocycles. The molecule has 2 N–H and O–H groups in total. The molecule has 3 rings (SSSR count). The van der Waals surface area contributed by atoms with E-state index in [1.165, 1.54) is 11.3 Å². The number of benzene rings is 2. The number of fused-ring (bicyclic) bond motifs is 1. The van der Waals surface area contributed by atoms with E-state index in [0.29, 0.717) is 37.5 Å². The number of rotatable bonds is 10. The van der Waals surface area contributed by atoms with Crippen LogP contribution in [0.3, 0.4) is 0 Å². The van der Waals surface area contributed by atoms with Crippen LogP contribution in [0.4, 0.5) is 5.13 Å². The Kier molecular flexibility index (Phi) is 7.79. The quantitative estimate of drug-likeness (QED) is 0.494. The minimum atomic E-state index is -0.0130. The zero-order valence-electron chi connectivity index (χ0n) is 17.4. The van der Waals surface area contributed by atoms with Crippen molar-refractivity contribution in [2.45, 2.75) is 46.1 Å². The number of aryl methyl sites for hydroxylation is 1. The summed E-state index contributed by atoms with van der Waals surface area (Å²) in [5.74, 6) is 0.834. The van der Waals surface area contributed by atoms with Gasteiger partial charge in [0, 0.05) is 19.4 Å². The van der Waals surface area contributed by atoms with E-state index in [-0.39, 0.29) is 11.8 Å². The third-order valence-electron chi connectivity index (χ3n) is 4.54. The van der Waals surface area contributed by atoms with Gasteiger partial charge in [-0.1, -0.05) is 36.5 Å². The van der Waals surface area contributed by atoms with Gasteiger partial charge in [-0.2, -0.15) is 0 Å². The molecular weight excluding hydrogens is 398 g/mol. The molecule has 3 aromatic rings. The van der Waals surface area contributed by atoms with Gasteiger partial charge in [-0.15, -0.1) is 0 Å². The molecule has 7 heteroatoms. The molecule has 0 saturated carbocycles. The Morgan fingerprint density at radius 1 is 1.00 bits per heavy atom. The maximum absolute atomic E-state index is 12.2. The lowest BCUT2D eigenvalue weighted by Crippen LogP contribution is -2.22. The molecule has 2 amide bonds. The van der Waals surface area contributed by atoms with Crippen molar-refractivity contribution in [2.24, 2.45) is 0 Å². The summed E-state index contributed by atoms with van der Waals surface area (Å²) < 4.78 is 6.43. The number of aromatic nitrogens is 1. The van der Waals surface area contributed by atoms with Gasteiger partial charge in [-0.05, 0) is 55.2 Å². The maximum atomic E-state index is 12.2. The second-order valence-electron chi connectivity index (χ2n) is 6.97. The monoisotopic (exact) mass is 425 g/mol. The van der Waals surface area contributed by atoms with Crippen LogP contribution in [0.15, 0.2) is 42.5 Å². The SMILES string of the molecule is CCCC(=O)Nc1nc2ccc(CCC(=O)NCc3ccc(OCC)cc3)cc2s1. The molecule has 158 valence electrons. The highest BCUT2D eigenvalue weighted by molar-refractivity contribution is 7.22. The number of hydrogen-bond donors (Lipinski definition) is 2. The smallest absolute Gasteiger partial charge is 0.226 e. The predicted octanol–water partition coefficient (Wildman–Crippen LogP) is 4.68. The van der Waals surface area contributed by atoms with Gasteiger partial charge in [0.1, 0.15) is 5.75 Å². The number of carbonyl (C=O) groups is 2. The molecule has 0 atom stereocenters. The fourth-order valence-corrected chi connectivity index (χ4v) is 3.95. The molecule has 0 spiro atoms. The number of ether oxygens (including phenoxy) is 1. The predicted molar refractivity (Wildman–Crippen MR) is 121 cm³/mol. The van der Waals surface area contributed by atoms with Gasteiger partial charge in [0.15, 0.2) is 5.13 Å². The van der Waals surface area contributed by atoms with E-state index in [0.717, 1.165) is 33.5 Å². The van der Waals surface area contributed by atoms with Crippen molar-refractivity contribution in [3.05, 3.63) is 53.6 Å². The average Bonchev–Trinajstić information content (AvgIpc) is 3.13. The van der Waals surface area contributed by atoms with Gasteiger partial charge in [0.05, 0.1) is 16.8 Å². The van der Waals surface area contributed by atoms with Crippen LogP contribution in [0.1, 0.15) is 44.2 Å². The minimum Gasteiger partial charge on any atom is -0.494 e. The molecule has 0 aliphatic carbocycles. The molecule has 0 saturated heterocycles. The van der Waals surface area contributed by atoms with E-state index < -0.39 is 0 Å². The van der Waals surface area contributed by atoms with Gasteiger partial charge in [-0.3, -0.25) is 9.59 Å². The minimum absolute atomic E-state index is 0.0130. The second kappa shape index (κ2) is 10.7. The van der Waals surface area contributed by atoms with Crippen LogP contribution in [-0.2, 0) is 22.6 Å². The van der Waals surface area contributed by atoms with Crippen molar-refractivity contribution in [1.82, 2.24) is 10.3 Å². The molecule has 2 aromatic carbocycles. The van der Waals surface area contributed by atoms with E-state index in [9.17, 15) is 9.59 Å². The Morgan fingerprint density at radius 2 is 1.77 bits per heavy atom. The molecule has 0 unspecified atom stereocenters. The van der Waals surface area contributed by atoms with Gasteiger partial charge in [0.2, 0.25) is 11.8 Å². The van der Waals surface area contributed by atoms with Gasteiger partial charge in [-0.25, -0.2) is 4.98 Å². The first-order valence-corrected chi connectivity index (χ1v) is 11.1. The Morgan fingerprint density at radius 3 is 2.50 bits per heavy atom. The summed E-state index contributed by atoms with van der Waals surface area (Å²) in [5, 5.41) is 6.42. The summed E-state index contributed by atoms with van der Waals surface area (Å²) in [6, 6.07) is 13.7. The van der Waals surface area contributed by atoms with E-state index in [2.05, 4.69) is 15.6 Å². The van der Waals surface area contributed by atoms with E-state index in [1.54, 1.807) is 0 Å². The largest absolute Gasteiger partial charge is 0.494 e. The van der Waals surface area contributed by atoms with Crippen molar-refractivity contribution in [3.63, 3.8) is 0 Å². The number of nitrogens with zero attached hydrogens (tertiary/aromatic N) is 1. The number of amides is 2. The molecule has 0 bridgehead atoms. The maximum Gasteiger partial charge on any atom is 0.226 e. The first-order valence-electron chi connectivity index (χ1n) is 10.2. The zero-order valence-corrected chi connectivity index (χ0v) is 18.2. The summed E-state index contributed by atoms with van der Waals surface area (Å²) in [5.41, 5.74) is 2.97. The van der Waals surface area contributed by atoms with Gasteiger partial charge >= 0.3 is 0 Å².